The van der Waals surface area contributed by atoms with Gasteiger partial charge >= 0.3 is 0 Å². The van der Waals surface area contributed by atoms with Crippen molar-refractivity contribution in [2.24, 2.45) is 5.92 Å². The Kier molecular flexibility index (Phi) is 3.97. The molecule has 0 aromatic carbocycles. The fraction of sp³-hybridized carbons (Fsp3) is 0.667. The number of hydrogen-bond donors (Lipinski definition) is 1. The van der Waals surface area contributed by atoms with Crippen molar-refractivity contribution in [1.82, 2.24) is 9.88 Å². The van der Waals surface area contributed by atoms with Crippen LogP contribution in [0.15, 0.2) is 0 Å². The lowest BCUT2D eigenvalue weighted by Crippen LogP contribution is -2.33. The Morgan fingerprint density at radius 3 is 2.81 bits per heavy atom. The molecule has 1 saturated heterocycles. The zero-order valence-corrected chi connectivity index (χ0v) is 13.3. The van der Waals surface area contributed by atoms with Crippen molar-refractivity contribution < 1.29 is 9.59 Å². The molecule has 2 amide bonds. The fourth-order valence-electron chi connectivity index (χ4n) is 3.02. The predicted molar refractivity (Wildman–Crippen MR) is 82.3 cm³/mol. The van der Waals surface area contributed by atoms with Crippen molar-refractivity contribution in [2.45, 2.75) is 52.0 Å². The predicted octanol–water partition coefficient (Wildman–Crippen LogP) is 2.22. The first-order chi connectivity index (χ1) is 10.0. The van der Waals surface area contributed by atoms with Gasteiger partial charge < -0.3 is 10.2 Å². The molecule has 0 saturated carbocycles. The van der Waals surface area contributed by atoms with Gasteiger partial charge in [0.25, 0.3) is 0 Å². The quantitative estimate of drug-likeness (QED) is 0.931. The number of hydrogen-bond acceptors (Lipinski definition) is 4. The maximum atomic E-state index is 12.3. The standard InChI is InChI=1S/C15H21N3O2S/c1-9(2)18-8-10(7-13(18)19)14(20)17-15-16-11-5-3-4-6-12(11)21-15/h9-10H,3-8H2,1-2H3,(H,16,17,20)/t10-/m1/s1. The first-order valence-electron chi connectivity index (χ1n) is 7.63. The highest BCUT2D eigenvalue weighted by molar-refractivity contribution is 7.15. The molecule has 1 fully saturated rings. The van der Waals surface area contributed by atoms with Crippen molar-refractivity contribution in [2.75, 3.05) is 11.9 Å². The summed E-state index contributed by atoms with van der Waals surface area (Å²) in [7, 11) is 0. The summed E-state index contributed by atoms with van der Waals surface area (Å²) in [5.41, 5.74) is 1.15. The maximum Gasteiger partial charge on any atom is 0.231 e. The average molecular weight is 307 g/mol. The Morgan fingerprint density at radius 1 is 1.38 bits per heavy atom. The molecule has 1 N–H and O–H groups in total. The van der Waals surface area contributed by atoms with E-state index in [2.05, 4.69) is 10.3 Å². The van der Waals surface area contributed by atoms with E-state index < -0.39 is 0 Å². The van der Waals surface area contributed by atoms with Crippen molar-refractivity contribution in [3.63, 3.8) is 0 Å². The van der Waals surface area contributed by atoms with E-state index in [4.69, 9.17) is 0 Å². The molecule has 0 radical (unpaired) electrons. The highest BCUT2D eigenvalue weighted by atomic mass is 32.1. The number of carbonyl (C=O) groups is 2. The Bertz CT molecular complexity index is 544. The highest BCUT2D eigenvalue weighted by Crippen LogP contribution is 2.30. The number of aryl methyl sites for hydroxylation is 2. The molecular weight excluding hydrogens is 286 g/mol. The van der Waals surface area contributed by atoms with Gasteiger partial charge in [-0.15, -0.1) is 11.3 Å². The molecule has 0 spiro atoms. The van der Waals surface area contributed by atoms with Crippen LogP contribution >= 0.6 is 11.3 Å². The average Bonchev–Trinajstić information content (AvgIpc) is 3.01. The van der Waals surface area contributed by atoms with Gasteiger partial charge in [-0.2, -0.15) is 0 Å². The molecule has 1 aliphatic carbocycles. The smallest absolute Gasteiger partial charge is 0.231 e. The summed E-state index contributed by atoms with van der Waals surface area (Å²) in [6.45, 7) is 4.48. The van der Waals surface area contributed by atoms with Crippen LogP contribution in [-0.4, -0.2) is 34.3 Å². The van der Waals surface area contributed by atoms with Crippen LogP contribution in [0.25, 0.3) is 0 Å². The molecule has 3 rings (SSSR count). The molecule has 1 aliphatic heterocycles. The van der Waals surface area contributed by atoms with Crippen molar-refractivity contribution in [3.05, 3.63) is 10.6 Å². The molecule has 1 aromatic rings. The molecule has 1 atom stereocenters. The van der Waals surface area contributed by atoms with Crippen molar-refractivity contribution in [3.8, 4) is 0 Å². The number of fused-ring (bicyclic) bond motifs is 1. The van der Waals surface area contributed by atoms with E-state index in [1.807, 2.05) is 13.8 Å². The molecule has 114 valence electrons. The molecule has 6 heteroatoms. The zero-order valence-electron chi connectivity index (χ0n) is 12.5. The molecule has 1 aromatic heterocycles. The van der Waals surface area contributed by atoms with Crippen LogP contribution < -0.4 is 5.32 Å². The Balaban J connectivity index is 1.64. The minimum atomic E-state index is -0.249. The number of amides is 2. The van der Waals surface area contributed by atoms with E-state index in [0.717, 1.165) is 18.5 Å². The summed E-state index contributed by atoms with van der Waals surface area (Å²) in [6.07, 6.45) is 4.80. The van der Waals surface area contributed by atoms with Gasteiger partial charge in [0, 0.05) is 23.9 Å². The number of aromatic nitrogens is 1. The van der Waals surface area contributed by atoms with E-state index in [9.17, 15) is 9.59 Å². The third-order valence-electron chi connectivity index (χ3n) is 4.23. The van der Waals surface area contributed by atoms with Crippen molar-refractivity contribution in [1.29, 1.82) is 0 Å². The number of nitrogens with zero attached hydrogens (tertiary/aromatic N) is 2. The van der Waals surface area contributed by atoms with E-state index in [1.54, 1.807) is 16.2 Å². The number of anilines is 1. The van der Waals surface area contributed by atoms with E-state index >= 15 is 0 Å². The summed E-state index contributed by atoms with van der Waals surface area (Å²) in [4.78, 5) is 31.8. The van der Waals surface area contributed by atoms with Gasteiger partial charge in [-0.25, -0.2) is 4.98 Å². The Hall–Kier alpha value is -1.43. The largest absolute Gasteiger partial charge is 0.339 e. The number of carbonyl (C=O) groups excluding carboxylic acids is 2. The molecule has 5 nitrogen and oxygen atoms in total. The third kappa shape index (κ3) is 2.95. The monoisotopic (exact) mass is 307 g/mol. The van der Waals surface area contributed by atoms with Gasteiger partial charge in [-0.3, -0.25) is 9.59 Å². The maximum absolute atomic E-state index is 12.3. The van der Waals surface area contributed by atoms with Crippen molar-refractivity contribution >= 4 is 28.3 Å². The van der Waals surface area contributed by atoms with Crippen LogP contribution in [0.2, 0.25) is 0 Å². The van der Waals surface area contributed by atoms with Gasteiger partial charge in [0.15, 0.2) is 5.13 Å². The van der Waals surface area contributed by atoms with E-state index in [0.29, 0.717) is 18.1 Å². The summed E-state index contributed by atoms with van der Waals surface area (Å²) >= 11 is 1.59. The van der Waals surface area contributed by atoms with E-state index in [1.165, 1.54) is 17.7 Å². The van der Waals surface area contributed by atoms with Crippen LogP contribution in [0.4, 0.5) is 5.13 Å². The molecular formula is C15H21N3O2S. The lowest BCUT2D eigenvalue weighted by molar-refractivity contribution is -0.129. The fourth-order valence-corrected chi connectivity index (χ4v) is 4.07. The summed E-state index contributed by atoms with van der Waals surface area (Å²) < 4.78 is 0. The van der Waals surface area contributed by atoms with Gasteiger partial charge in [0.05, 0.1) is 11.6 Å². The lowest BCUT2D eigenvalue weighted by atomic mass is 10.0. The Labute approximate surface area is 128 Å². The third-order valence-corrected chi connectivity index (χ3v) is 5.30. The second-order valence-corrected chi connectivity index (χ2v) is 7.21. The highest BCUT2D eigenvalue weighted by Gasteiger charge is 2.35. The van der Waals surface area contributed by atoms with Crippen LogP contribution in [0, 0.1) is 5.92 Å². The van der Waals surface area contributed by atoms with E-state index in [-0.39, 0.29) is 23.8 Å². The first-order valence-corrected chi connectivity index (χ1v) is 8.45. The van der Waals surface area contributed by atoms with Gasteiger partial charge in [-0.05, 0) is 39.5 Å². The first kappa shape index (κ1) is 14.5. The Morgan fingerprint density at radius 2 is 2.14 bits per heavy atom. The van der Waals surface area contributed by atoms with Gasteiger partial charge in [0.2, 0.25) is 11.8 Å². The number of likely N-dealkylation sites (tertiary alicyclic amines) is 1. The minimum Gasteiger partial charge on any atom is -0.339 e. The van der Waals surface area contributed by atoms with Gasteiger partial charge in [0.1, 0.15) is 0 Å². The van der Waals surface area contributed by atoms with Gasteiger partial charge in [-0.1, -0.05) is 0 Å². The molecule has 0 unspecified atom stereocenters. The zero-order chi connectivity index (χ0) is 15.0. The van der Waals surface area contributed by atoms with Crippen LogP contribution in [0.5, 0.6) is 0 Å². The topological polar surface area (TPSA) is 62.3 Å². The molecule has 21 heavy (non-hydrogen) atoms. The second-order valence-electron chi connectivity index (χ2n) is 6.13. The number of thiazole rings is 1. The summed E-state index contributed by atoms with van der Waals surface area (Å²) in [5.74, 6) is -0.248. The molecule has 2 aliphatic rings. The van der Waals surface area contributed by atoms with Crippen LogP contribution in [0.3, 0.4) is 0 Å². The van der Waals surface area contributed by atoms with Crippen LogP contribution in [0.1, 0.15) is 43.7 Å². The number of nitrogens with one attached hydrogen (secondary N) is 1. The SMILES string of the molecule is CC(C)N1C[C@H](C(=O)Nc2nc3c(s2)CCCC3)CC1=O. The second kappa shape index (κ2) is 5.75. The summed E-state index contributed by atoms with van der Waals surface area (Å²) in [5, 5.41) is 3.61. The normalized spacial score (nSPS) is 21.8. The number of rotatable bonds is 3. The van der Waals surface area contributed by atoms with Crippen LogP contribution in [-0.2, 0) is 22.4 Å². The lowest BCUT2D eigenvalue weighted by Gasteiger charge is -2.20. The molecule has 0 bridgehead atoms. The summed E-state index contributed by atoms with van der Waals surface area (Å²) in [6, 6.07) is 0.155. The minimum absolute atomic E-state index is 0.0717. The molecule has 2 heterocycles.